The number of amides is 2. The molecule has 230 valence electrons. The molecular formula is C33H41N3O7. The van der Waals surface area contributed by atoms with Gasteiger partial charge >= 0.3 is 5.97 Å². The van der Waals surface area contributed by atoms with Crippen molar-refractivity contribution in [3.8, 4) is 28.4 Å². The molecule has 0 aromatic heterocycles. The lowest BCUT2D eigenvalue weighted by molar-refractivity contribution is -0.142. The number of methoxy groups -OCH3 is 2. The van der Waals surface area contributed by atoms with Crippen LogP contribution in [0.1, 0.15) is 37.0 Å². The normalized spacial score (nSPS) is 11.5. The maximum absolute atomic E-state index is 12.3. The molecule has 0 fully saturated rings. The Kier molecular flexibility index (Phi) is 12.4. The smallest absolute Gasteiger partial charge is 0.326 e. The summed E-state index contributed by atoms with van der Waals surface area (Å²) >= 11 is 0. The number of nitrogens with one attached hydrogen (secondary N) is 3. The largest absolute Gasteiger partial charge is 0.496 e. The first-order chi connectivity index (χ1) is 20.6. The van der Waals surface area contributed by atoms with Crippen molar-refractivity contribution in [2.24, 2.45) is 5.92 Å². The molecule has 4 N–H and O–H groups in total. The third-order valence-corrected chi connectivity index (χ3v) is 6.88. The molecule has 2 amide bonds. The number of hydrogen-bond donors (Lipinski definition) is 4. The molecule has 0 radical (unpaired) electrons. The predicted molar refractivity (Wildman–Crippen MR) is 164 cm³/mol. The zero-order chi connectivity index (χ0) is 31.4. The van der Waals surface area contributed by atoms with E-state index in [1.54, 1.807) is 26.4 Å². The second-order valence-electron chi connectivity index (χ2n) is 10.5. The first-order valence-electron chi connectivity index (χ1n) is 14.1. The van der Waals surface area contributed by atoms with E-state index in [2.05, 4.69) is 41.1 Å². The van der Waals surface area contributed by atoms with Gasteiger partial charge in [-0.1, -0.05) is 62.4 Å². The standard InChI is InChI=1S/C33H41N3O7/c1-21(2)14-28(33(39)40)36-32(38)19-35-31(37)18-34-17-27-29(41-4)15-25(16-30(27)42-5)43-20-24-12-9-13-26(22(24)3)23-10-7-6-8-11-23/h6-13,15-16,21,28,34H,14,17-20H2,1-5H3,(H,35,37)(H,36,38)(H,39,40). The van der Waals surface area contributed by atoms with Crippen LogP contribution in [0.3, 0.4) is 0 Å². The van der Waals surface area contributed by atoms with Crippen molar-refractivity contribution < 1.29 is 33.7 Å². The summed E-state index contributed by atoms with van der Waals surface area (Å²) in [4.78, 5) is 35.8. The van der Waals surface area contributed by atoms with Crippen molar-refractivity contribution >= 4 is 17.8 Å². The first-order valence-corrected chi connectivity index (χ1v) is 14.1. The molecule has 0 aliphatic carbocycles. The highest BCUT2D eigenvalue weighted by Gasteiger charge is 2.21. The van der Waals surface area contributed by atoms with Crippen molar-refractivity contribution in [3.05, 3.63) is 77.4 Å². The molecule has 10 heteroatoms. The Hall–Kier alpha value is -4.57. The van der Waals surface area contributed by atoms with Crippen molar-refractivity contribution in [3.63, 3.8) is 0 Å². The van der Waals surface area contributed by atoms with Crippen LogP contribution in [0.2, 0.25) is 0 Å². The minimum atomic E-state index is -1.11. The van der Waals surface area contributed by atoms with E-state index >= 15 is 0 Å². The summed E-state index contributed by atoms with van der Waals surface area (Å²) < 4.78 is 17.3. The highest BCUT2D eigenvalue weighted by atomic mass is 16.5. The van der Waals surface area contributed by atoms with Gasteiger partial charge in [0.05, 0.1) is 32.9 Å². The summed E-state index contributed by atoms with van der Waals surface area (Å²) in [5.41, 5.74) is 5.19. The van der Waals surface area contributed by atoms with Crippen molar-refractivity contribution in [1.29, 1.82) is 0 Å². The molecule has 3 rings (SSSR count). The molecule has 0 spiro atoms. The van der Waals surface area contributed by atoms with Gasteiger partial charge in [0.1, 0.15) is 29.9 Å². The Balaban J connectivity index is 1.57. The molecule has 0 saturated carbocycles. The minimum Gasteiger partial charge on any atom is -0.496 e. The van der Waals surface area contributed by atoms with Gasteiger partial charge in [0.15, 0.2) is 0 Å². The maximum Gasteiger partial charge on any atom is 0.326 e. The molecule has 3 aromatic carbocycles. The predicted octanol–water partition coefficient (Wildman–Crippen LogP) is 4.08. The molecule has 3 aromatic rings. The fourth-order valence-electron chi connectivity index (χ4n) is 4.63. The first kappa shape index (κ1) is 32.9. The monoisotopic (exact) mass is 591 g/mol. The number of carboxylic acid groups (broad SMARTS) is 1. The van der Waals surface area contributed by atoms with Crippen LogP contribution in [0.15, 0.2) is 60.7 Å². The third kappa shape index (κ3) is 9.75. The Labute approximate surface area is 252 Å². The SMILES string of the molecule is COc1cc(OCc2cccc(-c3ccccc3)c2C)cc(OC)c1CNCC(=O)NCC(=O)NC(CC(C)C)C(=O)O. The molecule has 0 heterocycles. The highest BCUT2D eigenvalue weighted by molar-refractivity contribution is 5.88. The number of rotatable bonds is 16. The van der Waals surface area contributed by atoms with Crippen molar-refractivity contribution in [2.75, 3.05) is 27.3 Å². The van der Waals surface area contributed by atoms with E-state index in [9.17, 15) is 19.5 Å². The number of carbonyl (C=O) groups is 3. The van der Waals surface area contributed by atoms with Gasteiger partial charge in [-0.05, 0) is 41.5 Å². The molecule has 0 aliphatic rings. The van der Waals surface area contributed by atoms with Gasteiger partial charge in [0.25, 0.3) is 0 Å². The summed E-state index contributed by atoms with van der Waals surface area (Å²) in [6.45, 7) is 6.02. The molecule has 1 unspecified atom stereocenters. The average Bonchev–Trinajstić information content (AvgIpc) is 2.99. The van der Waals surface area contributed by atoms with E-state index in [-0.39, 0.29) is 25.6 Å². The maximum atomic E-state index is 12.3. The van der Waals surface area contributed by atoms with Gasteiger partial charge in [-0.15, -0.1) is 0 Å². The van der Waals surface area contributed by atoms with Gasteiger partial charge < -0.3 is 35.3 Å². The molecule has 0 aliphatic heterocycles. The summed E-state index contributed by atoms with van der Waals surface area (Å²) in [5.74, 6) is -0.373. The van der Waals surface area contributed by atoms with Crippen LogP contribution in [0, 0.1) is 12.8 Å². The molecule has 0 saturated heterocycles. The summed E-state index contributed by atoms with van der Waals surface area (Å²) in [6.07, 6.45) is 0.297. The van der Waals surface area contributed by atoms with Gasteiger partial charge in [-0.25, -0.2) is 4.79 Å². The van der Waals surface area contributed by atoms with Gasteiger partial charge in [0.2, 0.25) is 11.8 Å². The van der Waals surface area contributed by atoms with Crippen LogP contribution in [0.4, 0.5) is 0 Å². The summed E-state index contributed by atoms with van der Waals surface area (Å²) in [7, 11) is 3.09. The molecule has 1 atom stereocenters. The Morgan fingerprint density at radius 3 is 2.16 bits per heavy atom. The van der Waals surface area contributed by atoms with Crippen LogP contribution in [-0.4, -0.2) is 56.2 Å². The van der Waals surface area contributed by atoms with E-state index in [1.165, 1.54) is 0 Å². The van der Waals surface area contributed by atoms with Crippen LogP contribution >= 0.6 is 0 Å². The van der Waals surface area contributed by atoms with Crippen LogP contribution in [0.5, 0.6) is 17.2 Å². The number of ether oxygens (including phenoxy) is 3. The Morgan fingerprint density at radius 1 is 0.884 bits per heavy atom. The third-order valence-electron chi connectivity index (χ3n) is 6.88. The lowest BCUT2D eigenvalue weighted by Crippen LogP contribution is -2.47. The van der Waals surface area contributed by atoms with Gasteiger partial charge in [-0.3, -0.25) is 9.59 Å². The van der Waals surface area contributed by atoms with Gasteiger partial charge in [0, 0.05) is 18.7 Å². The quantitative estimate of drug-likeness (QED) is 0.196. The molecule has 43 heavy (non-hydrogen) atoms. The second-order valence-corrected chi connectivity index (χ2v) is 10.5. The van der Waals surface area contributed by atoms with E-state index in [4.69, 9.17) is 14.2 Å². The fraction of sp³-hybridized carbons (Fsp3) is 0.364. The van der Waals surface area contributed by atoms with Gasteiger partial charge in [-0.2, -0.15) is 0 Å². The zero-order valence-corrected chi connectivity index (χ0v) is 25.4. The lowest BCUT2D eigenvalue weighted by atomic mass is 9.97. The Morgan fingerprint density at radius 2 is 1.56 bits per heavy atom. The molecular weight excluding hydrogens is 550 g/mol. The van der Waals surface area contributed by atoms with E-state index in [0.29, 0.717) is 35.8 Å². The van der Waals surface area contributed by atoms with E-state index < -0.39 is 23.8 Å². The Bertz CT molecular complexity index is 1370. The van der Waals surface area contributed by atoms with Crippen LogP contribution < -0.4 is 30.2 Å². The second kappa shape index (κ2) is 16.2. The molecule has 10 nitrogen and oxygen atoms in total. The summed E-state index contributed by atoms with van der Waals surface area (Å²) in [5, 5.41) is 17.2. The van der Waals surface area contributed by atoms with Crippen LogP contribution in [-0.2, 0) is 27.5 Å². The number of hydrogen-bond acceptors (Lipinski definition) is 7. The number of benzene rings is 3. The molecule has 0 bridgehead atoms. The average molecular weight is 592 g/mol. The lowest BCUT2D eigenvalue weighted by Gasteiger charge is -2.18. The number of carboxylic acids is 1. The number of aliphatic carboxylic acids is 1. The van der Waals surface area contributed by atoms with Crippen molar-refractivity contribution in [2.45, 2.75) is 46.4 Å². The summed E-state index contributed by atoms with van der Waals surface area (Å²) in [6, 6.07) is 18.9. The zero-order valence-electron chi connectivity index (χ0n) is 25.4. The van der Waals surface area contributed by atoms with Crippen molar-refractivity contribution in [1.82, 2.24) is 16.0 Å². The van der Waals surface area contributed by atoms with E-state index in [1.807, 2.05) is 44.2 Å². The van der Waals surface area contributed by atoms with E-state index in [0.717, 1.165) is 22.3 Å². The minimum absolute atomic E-state index is 0.0801. The fourth-order valence-corrected chi connectivity index (χ4v) is 4.63. The highest BCUT2D eigenvalue weighted by Crippen LogP contribution is 2.35. The number of carbonyl (C=O) groups excluding carboxylic acids is 2. The topological polar surface area (TPSA) is 135 Å². The van der Waals surface area contributed by atoms with Crippen LogP contribution in [0.25, 0.3) is 11.1 Å².